The second-order valence-electron chi connectivity index (χ2n) is 6.72. The van der Waals surface area contributed by atoms with Crippen molar-refractivity contribution in [1.29, 1.82) is 0 Å². The molecule has 2 rings (SSSR count). The van der Waals surface area contributed by atoms with Crippen LogP contribution in [0.25, 0.3) is 0 Å². The van der Waals surface area contributed by atoms with Gasteiger partial charge in [-0.25, -0.2) is 8.42 Å². The van der Waals surface area contributed by atoms with Crippen molar-refractivity contribution in [3.63, 3.8) is 0 Å². The van der Waals surface area contributed by atoms with Crippen LogP contribution in [0, 0.1) is 5.92 Å². The Morgan fingerprint density at radius 1 is 1.18 bits per heavy atom. The van der Waals surface area contributed by atoms with Gasteiger partial charge in [-0.1, -0.05) is 6.92 Å². The lowest BCUT2D eigenvalue weighted by Crippen LogP contribution is -2.41. The Balaban J connectivity index is 0.00000392. The largest absolute Gasteiger partial charge is 0.493 e. The molecular formula is C19H31ClN2O5S. The van der Waals surface area contributed by atoms with Crippen LogP contribution in [0.1, 0.15) is 26.2 Å². The van der Waals surface area contributed by atoms with Crippen LogP contribution in [0.3, 0.4) is 0 Å². The van der Waals surface area contributed by atoms with Gasteiger partial charge in [-0.05, 0) is 44.0 Å². The van der Waals surface area contributed by atoms with Gasteiger partial charge in [-0.15, -0.1) is 12.4 Å². The molecule has 1 amide bonds. The molecule has 1 fully saturated rings. The van der Waals surface area contributed by atoms with E-state index < -0.39 is 9.84 Å². The van der Waals surface area contributed by atoms with E-state index in [1.54, 1.807) is 11.0 Å². The van der Waals surface area contributed by atoms with Gasteiger partial charge in [0.05, 0.1) is 24.9 Å². The summed E-state index contributed by atoms with van der Waals surface area (Å²) < 4.78 is 35.5. The highest BCUT2D eigenvalue weighted by Crippen LogP contribution is 2.30. The highest BCUT2D eigenvalue weighted by Gasteiger charge is 2.25. The molecule has 0 atom stereocenters. The van der Waals surface area contributed by atoms with Crippen molar-refractivity contribution < 1.29 is 22.7 Å². The maximum atomic E-state index is 12.6. The number of carbonyl (C=O) groups is 1. The molecule has 1 aliphatic rings. The van der Waals surface area contributed by atoms with E-state index in [-0.39, 0.29) is 35.4 Å². The summed E-state index contributed by atoms with van der Waals surface area (Å²) in [7, 11) is -0.619. The maximum Gasteiger partial charge on any atom is 0.223 e. The standard InChI is InChI=1S/C19H30N2O5S.ClH/c1-4-20-14-15-7-10-21(11-8-15)19(22)9-12-27(23,24)16-5-6-17(25-2)18(13-16)26-3;/h5-6,13,15,20H,4,7-12,14H2,1-3H3;1H. The molecule has 7 nitrogen and oxygen atoms in total. The van der Waals surface area contributed by atoms with Crippen LogP contribution in [-0.2, 0) is 14.6 Å². The van der Waals surface area contributed by atoms with Gasteiger partial charge >= 0.3 is 0 Å². The van der Waals surface area contributed by atoms with Crippen molar-refractivity contribution in [3.05, 3.63) is 18.2 Å². The van der Waals surface area contributed by atoms with Crippen molar-refractivity contribution in [2.45, 2.75) is 31.1 Å². The Morgan fingerprint density at radius 2 is 1.82 bits per heavy atom. The fourth-order valence-electron chi connectivity index (χ4n) is 3.24. The van der Waals surface area contributed by atoms with E-state index in [0.29, 0.717) is 30.5 Å². The van der Waals surface area contributed by atoms with Crippen molar-refractivity contribution in [1.82, 2.24) is 10.2 Å². The Bertz CT molecular complexity index is 734. The summed E-state index contributed by atoms with van der Waals surface area (Å²) in [6.07, 6.45) is 1.91. The summed E-state index contributed by atoms with van der Waals surface area (Å²) in [5, 5.41) is 3.34. The molecule has 1 aromatic carbocycles. The number of carbonyl (C=O) groups excluding carboxylic acids is 1. The first-order valence-electron chi connectivity index (χ1n) is 9.34. The number of methoxy groups -OCH3 is 2. The van der Waals surface area contributed by atoms with Gasteiger partial charge in [0.1, 0.15) is 0 Å². The van der Waals surface area contributed by atoms with E-state index in [0.717, 1.165) is 25.9 Å². The number of hydrogen-bond donors (Lipinski definition) is 1. The topological polar surface area (TPSA) is 84.9 Å². The predicted molar refractivity (Wildman–Crippen MR) is 111 cm³/mol. The Morgan fingerprint density at radius 3 is 2.39 bits per heavy atom. The minimum atomic E-state index is -3.57. The molecular weight excluding hydrogens is 404 g/mol. The molecule has 1 heterocycles. The smallest absolute Gasteiger partial charge is 0.223 e. The Kier molecular flexibility index (Phi) is 10.1. The van der Waals surface area contributed by atoms with E-state index in [1.807, 2.05) is 0 Å². The van der Waals surface area contributed by atoms with Crippen molar-refractivity contribution in [2.75, 3.05) is 46.2 Å². The molecule has 9 heteroatoms. The van der Waals surface area contributed by atoms with Crippen LogP contribution in [0.5, 0.6) is 11.5 Å². The Hall–Kier alpha value is -1.51. The van der Waals surface area contributed by atoms with Crippen LogP contribution >= 0.6 is 12.4 Å². The summed E-state index contributed by atoms with van der Waals surface area (Å²) >= 11 is 0. The number of nitrogens with one attached hydrogen (secondary N) is 1. The quantitative estimate of drug-likeness (QED) is 0.641. The molecule has 28 heavy (non-hydrogen) atoms. The third-order valence-electron chi connectivity index (χ3n) is 4.95. The van der Waals surface area contributed by atoms with E-state index in [9.17, 15) is 13.2 Å². The molecule has 1 saturated heterocycles. The monoisotopic (exact) mass is 434 g/mol. The van der Waals surface area contributed by atoms with Gasteiger partial charge < -0.3 is 19.7 Å². The zero-order valence-corrected chi connectivity index (χ0v) is 18.4. The first-order valence-corrected chi connectivity index (χ1v) is 11.0. The summed E-state index contributed by atoms with van der Waals surface area (Å²) in [6, 6.07) is 4.47. The average molecular weight is 435 g/mol. The lowest BCUT2D eigenvalue weighted by Gasteiger charge is -2.32. The summed E-state index contributed by atoms with van der Waals surface area (Å²) in [5.41, 5.74) is 0. The number of amides is 1. The second-order valence-corrected chi connectivity index (χ2v) is 8.83. The van der Waals surface area contributed by atoms with Gasteiger partial charge in [0.15, 0.2) is 21.3 Å². The SMILES string of the molecule is CCNCC1CCN(C(=O)CCS(=O)(=O)c2ccc(OC)c(OC)c2)CC1.Cl. The molecule has 0 radical (unpaired) electrons. The van der Waals surface area contributed by atoms with Gasteiger partial charge in [0.2, 0.25) is 5.91 Å². The third kappa shape index (κ3) is 6.53. The summed E-state index contributed by atoms with van der Waals surface area (Å²) in [5.74, 6) is 1.10. The lowest BCUT2D eigenvalue weighted by molar-refractivity contribution is -0.132. The first kappa shape index (κ1) is 24.5. The molecule has 1 aromatic rings. The molecule has 0 spiro atoms. The number of ether oxygens (including phenoxy) is 2. The molecule has 1 aliphatic heterocycles. The van der Waals surface area contributed by atoms with Crippen molar-refractivity contribution in [3.8, 4) is 11.5 Å². The van der Waals surface area contributed by atoms with Gasteiger partial charge in [0, 0.05) is 25.6 Å². The number of halogens is 1. The Labute approximate surface area is 174 Å². The van der Waals surface area contributed by atoms with Crippen LogP contribution in [-0.4, -0.2) is 65.4 Å². The predicted octanol–water partition coefficient (Wildman–Crippen LogP) is 2.14. The van der Waals surface area contributed by atoms with Crippen LogP contribution < -0.4 is 14.8 Å². The zero-order valence-electron chi connectivity index (χ0n) is 16.8. The van der Waals surface area contributed by atoms with Crippen molar-refractivity contribution in [2.24, 2.45) is 5.92 Å². The molecule has 160 valence electrons. The summed E-state index contributed by atoms with van der Waals surface area (Å²) in [6.45, 7) is 5.41. The number of likely N-dealkylation sites (tertiary alicyclic amines) is 1. The maximum absolute atomic E-state index is 12.6. The highest BCUT2D eigenvalue weighted by molar-refractivity contribution is 7.91. The summed E-state index contributed by atoms with van der Waals surface area (Å²) in [4.78, 5) is 14.3. The van der Waals surface area contributed by atoms with E-state index in [1.165, 1.54) is 26.4 Å². The number of hydrogen-bond acceptors (Lipinski definition) is 6. The van der Waals surface area contributed by atoms with Gasteiger partial charge in [0.25, 0.3) is 0 Å². The normalized spacial score (nSPS) is 15.0. The number of rotatable bonds is 9. The van der Waals surface area contributed by atoms with E-state index in [4.69, 9.17) is 9.47 Å². The minimum Gasteiger partial charge on any atom is -0.493 e. The molecule has 0 aromatic heterocycles. The van der Waals surface area contributed by atoms with Gasteiger partial charge in [-0.3, -0.25) is 4.79 Å². The van der Waals surface area contributed by atoms with E-state index in [2.05, 4.69) is 12.2 Å². The number of benzene rings is 1. The highest BCUT2D eigenvalue weighted by atomic mass is 35.5. The minimum absolute atomic E-state index is 0. The van der Waals surface area contributed by atoms with Crippen LogP contribution in [0.2, 0.25) is 0 Å². The second kappa shape index (κ2) is 11.5. The van der Waals surface area contributed by atoms with Gasteiger partial charge in [-0.2, -0.15) is 0 Å². The zero-order chi connectivity index (χ0) is 19.9. The molecule has 0 bridgehead atoms. The molecule has 0 unspecified atom stereocenters. The molecule has 1 N–H and O–H groups in total. The third-order valence-corrected chi connectivity index (χ3v) is 6.66. The number of piperidine rings is 1. The fraction of sp³-hybridized carbons (Fsp3) is 0.632. The van der Waals surface area contributed by atoms with Crippen molar-refractivity contribution >= 4 is 28.2 Å². The first-order chi connectivity index (χ1) is 12.9. The number of nitrogens with zero attached hydrogens (tertiary/aromatic N) is 1. The average Bonchev–Trinajstić information content (AvgIpc) is 2.70. The van der Waals surface area contributed by atoms with E-state index >= 15 is 0 Å². The molecule has 0 saturated carbocycles. The lowest BCUT2D eigenvalue weighted by atomic mass is 9.96. The fourth-order valence-corrected chi connectivity index (χ4v) is 4.48. The number of sulfone groups is 1. The molecule has 0 aliphatic carbocycles. The van der Waals surface area contributed by atoms with Crippen LogP contribution in [0.15, 0.2) is 23.1 Å². The van der Waals surface area contributed by atoms with Crippen LogP contribution in [0.4, 0.5) is 0 Å².